The molecule has 0 unspecified atom stereocenters. The van der Waals surface area contributed by atoms with Crippen LogP contribution in [0.3, 0.4) is 0 Å². The topological polar surface area (TPSA) is 313 Å². The van der Waals surface area contributed by atoms with Crippen molar-refractivity contribution >= 4 is 54.3 Å². The number of carbonyl (C=O) groups excluding carboxylic acids is 2. The van der Waals surface area contributed by atoms with Gasteiger partial charge < -0.3 is 30.3 Å². The third-order valence-corrected chi connectivity index (χ3v) is 14.1. The largest absolute Gasteiger partial charge is 0.481 e. The number of anilines is 2. The monoisotopic (exact) mass is 1120 g/mol. The number of aromatic amines is 4. The number of nitrogens with one attached hydrogen (secondary N) is 6. The molecule has 12 rings (SSSR count). The van der Waals surface area contributed by atoms with Crippen molar-refractivity contribution in [3.8, 4) is 0 Å². The maximum atomic E-state index is 12.8. The van der Waals surface area contributed by atoms with Crippen LogP contribution in [0.2, 0.25) is 0 Å². The summed E-state index contributed by atoms with van der Waals surface area (Å²) in [5.41, 5.74) is 11.7. The zero-order valence-electron chi connectivity index (χ0n) is 44.6. The van der Waals surface area contributed by atoms with Gasteiger partial charge in [0.05, 0.1) is 76.5 Å². The highest BCUT2D eigenvalue weighted by atomic mass is 35.5. The lowest BCUT2D eigenvalue weighted by Crippen LogP contribution is -2.49. The summed E-state index contributed by atoms with van der Waals surface area (Å²) in [7, 11) is 0. The van der Waals surface area contributed by atoms with Gasteiger partial charge in [0.2, 0.25) is 11.9 Å². The smallest absolute Gasteiger partial charge is 0.307 e. The summed E-state index contributed by atoms with van der Waals surface area (Å²) in [6, 6.07) is 8.94. The van der Waals surface area contributed by atoms with Crippen LogP contribution in [0, 0.1) is 0 Å². The highest BCUT2D eigenvalue weighted by molar-refractivity contribution is 5.85. The number of H-pyrrole nitrogens is 4. The molecule has 6 aromatic rings. The normalized spacial score (nSPS) is 17.0. The molecule has 0 atom stereocenters. The first-order chi connectivity index (χ1) is 36.9. The summed E-state index contributed by atoms with van der Waals surface area (Å²) in [5, 5.41) is 58.3. The molecule has 7 N–H and O–H groups in total. The van der Waals surface area contributed by atoms with E-state index in [1.165, 1.54) is 11.1 Å². The van der Waals surface area contributed by atoms with Crippen LogP contribution >= 0.6 is 24.8 Å². The molecule has 1 aliphatic carbocycles. The van der Waals surface area contributed by atoms with E-state index < -0.39 is 11.6 Å². The van der Waals surface area contributed by atoms with E-state index >= 15 is 0 Å². The summed E-state index contributed by atoms with van der Waals surface area (Å²) < 4.78 is 5.28. The minimum absolute atomic E-state index is 0. The molecule has 5 aliphatic heterocycles. The number of hydrogen-bond donors (Lipinski definition) is 7. The number of ether oxygens (including phenoxy) is 1. The van der Waals surface area contributed by atoms with E-state index in [1.807, 2.05) is 38.1 Å². The summed E-state index contributed by atoms with van der Waals surface area (Å²) >= 11 is 0. The van der Waals surface area contributed by atoms with Crippen molar-refractivity contribution in [1.29, 1.82) is 0 Å². The van der Waals surface area contributed by atoms with Gasteiger partial charge in [-0.1, -0.05) is 24.3 Å². The third-order valence-electron chi connectivity index (χ3n) is 14.1. The van der Waals surface area contributed by atoms with E-state index in [2.05, 4.69) is 126 Å². The first-order valence-electron chi connectivity index (χ1n) is 26.4. The second-order valence-corrected chi connectivity index (χ2v) is 20.8. The Balaban J connectivity index is 0.000000171. The minimum atomic E-state index is -0.754. The molecule has 0 bridgehead atoms. The zero-order chi connectivity index (χ0) is 52.9. The molecule has 10 heterocycles. The first-order valence-corrected chi connectivity index (χ1v) is 26.4. The van der Waals surface area contributed by atoms with Crippen LogP contribution in [-0.4, -0.2) is 198 Å². The van der Waals surface area contributed by atoms with Crippen molar-refractivity contribution in [2.24, 2.45) is 0 Å². The van der Waals surface area contributed by atoms with E-state index in [-0.39, 0.29) is 43.1 Å². The van der Waals surface area contributed by atoms with Gasteiger partial charge in [0.1, 0.15) is 5.60 Å². The molecular formula is C50H73Cl2N21O5. The van der Waals surface area contributed by atoms with Gasteiger partial charge in [0, 0.05) is 136 Å². The van der Waals surface area contributed by atoms with Crippen molar-refractivity contribution in [1.82, 2.24) is 96.5 Å². The van der Waals surface area contributed by atoms with E-state index in [1.54, 1.807) is 0 Å². The van der Waals surface area contributed by atoms with Gasteiger partial charge in [-0.05, 0) is 44.7 Å². The van der Waals surface area contributed by atoms with Crippen molar-refractivity contribution in [2.75, 3.05) is 82.2 Å². The average Bonchev–Trinajstić information content (AvgIpc) is 4.31. The maximum absolute atomic E-state index is 12.8. The molecule has 26 nitrogen and oxygen atoms in total. The number of hydrogen-bond acceptors (Lipinski definition) is 20. The van der Waals surface area contributed by atoms with Crippen molar-refractivity contribution in [2.45, 2.75) is 116 Å². The van der Waals surface area contributed by atoms with Gasteiger partial charge in [0.15, 0.2) is 0 Å². The van der Waals surface area contributed by atoms with Crippen LogP contribution < -0.4 is 15.5 Å². The molecule has 0 saturated carbocycles. The Hall–Kier alpha value is -6.71. The van der Waals surface area contributed by atoms with Crippen molar-refractivity contribution in [3.05, 3.63) is 93.3 Å². The number of carboxylic acids is 1. The molecule has 0 radical (unpaired) electrons. The second kappa shape index (κ2) is 28.3. The number of amides is 1. The molecule has 78 heavy (non-hydrogen) atoms. The summed E-state index contributed by atoms with van der Waals surface area (Å²) in [6.07, 6.45) is 10.6. The Kier molecular flexibility index (Phi) is 21.4. The lowest BCUT2D eigenvalue weighted by atomic mass is 10.1. The van der Waals surface area contributed by atoms with E-state index in [0.29, 0.717) is 44.5 Å². The van der Waals surface area contributed by atoms with Gasteiger partial charge in [0.25, 0.3) is 0 Å². The summed E-state index contributed by atoms with van der Waals surface area (Å²) in [4.78, 5) is 54.7. The number of piperazine rings is 1. The van der Waals surface area contributed by atoms with Crippen LogP contribution in [-0.2, 0) is 83.8 Å². The number of rotatable bonds is 12. The average molecular weight is 1120 g/mol. The number of aliphatic carboxylic acids is 1. The highest BCUT2D eigenvalue weighted by Crippen LogP contribution is 2.25. The van der Waals surface area contributed by atoms with Crippen LogP contribution in [0.25, 0.3) is 0 Å². The lowest BCUT2D eigenvalue weighted by Gasteiger charge is -2.36. The number of fused-ring (bicyclic) bond motifs is 5. The van der Waals surface area contributed by atoms with Crippen LogP contribution in [0.4, 0.5) is 11.6 Å². The van der Waals surface area contributed by atoms with Crippen molar-refractivity contribution in [3.63, 3.8) is 0 Å². The van der Waals surface area contributed by atoms with Gasteiger partial charge in [-0.25, -0.2) is 9.97 Å². The van der Waals surface area contributed by atoms with Gasteiger partial charge in [-0.2, -0.15) is 61.6 Å². The first kappa shape index (κ1) is 59.0. The Morgan fingerprint density at radius 2 is 1.08 bits per heavy atom. The van der Waals surface area contributed by atoms with Crippen LogP contribution in [0.15, 0.2) is 36.7 Å². The van der Waals surface area contributed by atoms with E-state index in [9.17, 15) is 14.4 Å². The number of halogens is 2. The van der Waals surface area contributed by atoms with E-state index in [4.69, 9.17) is 9.84 Å². The highest BCUT2D eigenvalue weighted by Gasteiger charge is 2.27. The Morgan fingerprint density at radius 1 is 0.615 bits per heavy atom. The molecule has 1 fully saturated rings. The Bertz CT molecular complexity index is 2780. The molecule has 1 saturated heterocycles. The number of benzene rings is 1. The fraction of sp³-hybridized carbons (Fsp3) is 0.580. The molecule has 1 aromatic carbocycles. The number of carbonyl (C=O) groups is 3. The molecule has 0 spiro atoms. The predicted molar refractivity (Wildman–Crippen MR) is 292 cm³/mol. The molecule has 28 heteroatoms. The fourth-order valence-electron chi connectivity index (χ4n) is 10.00. The van der Waals surface area contributed by atoms with Gasteiger partial charge in [-0.15, -0.1) is 24.8 Å². The zero-order valence-corrected chi connectivity index (χ0v) is 46.2. The van der Waals surface area contributed by atoms with Gasteiger partial charge in [-0.3, -0.25) is 29.1 Å². The molecule has 6 aliphatic rings. The standard InChI is InChI=1S/C25H31N9O.C12H20N4O2.C8H12N4O2.C5H8N4.2ClH/c35-24(6-8-32-7-5-22-23(17-32)30-31-29-22)34-11-9-33(10-12-34)21-15-26-25(27-16-21)28-20-13-18-3-1-2-4-19(18)14-20;1-12(2,3)18-11(17)5-7-16-6-4-9-10(8-16)14-15-13-9;13-8(14)2-4-12-3-1-6-7(5-12)10-11-9-6;1-2-6-3-5-4(1)7-9-8-5;;/h1-4,15-16,20H,5-14,17H2,(H,26,27,28)(H,29,30,31);4-8H2,1-3H3,(H,13,14,15);1-5H2,(H,13,14)(H,9,10,11);6H,1-3H2,(H,7,8,9);2*1H. The Labute approximate surface area is 465 Å². The third kappa shape index (κ3) is 16.9. The second-order valence-electron chi connectivity index (χ2n) is 20.8. The number of nitrogens with zero attached hydrogens (tertiary/aromatic N) is 15. The van der Waals surface area contributed by atoms with Crippen LogP contribution in [0.5, 0.6) is 0 Å². The fourth-order valence-corrected chi connectivity index (χ4v) is 10.00. The number of carboxylic acid groups (broad SMARTS) is 1. The molecular weight excluding hydrogens is 1050 g/mol. The maximum Gasteiger partial charge on any atom is 0.307 e. The molecule has 1 amide bonds. The quantitative estimate of drug-likeness (QED) is 0.0863. The van der Waals surface area contributed by atoms with E-state index in [0.717, 1.165) is 168 Å². The van der Waals surface area contributed by atoms with Crippen LogP contribution in [0.1, 0.15) is 96.7 Å². The van der Waals surface area contributed by atoms with Gasteiger partial charge >= 0.3 is 11.9 Å². The molecule has 5 aromatic heterocycles. The number of aromatic nitrogens is 14. The SMILES string of the molecule is C1Cc2n[nH]nc2CN1.CC(C)(C)OC(=O)CCN1CCc2n[nH]nc2C1.Cl.Cl.O=C(CCN1CCc2n[nH]nc2C1)N1CCN(c2cnc(NC3Cc4ccccc4C3)nc2)CC1.O=C(O)CCN1CCc2n[nH]nc2C1. The minimum Gasteiger partial charge on any atom is -0.481 e. The predicted octanol–water partition coefficient (Wildman–Crippen LogP) is 2.10. The Morgan fingerprint density at radius 3 is 1.56 bits per heavy atom. The molecule has 422 valence electrons. The van der Waals surface area contributed by atoms with Crippen molar-refractivity contribution < 1.29 is 24.2 Å². The summed E-state index contributed by atoms with van der Waals surface area (Å²) in [6.45, 7) is 17.6. The number of esters is 1. The lowest BCUT2D eigenvalue weighted by molar-refractivity contribution is -0.155. The summed E-state index contributed by atoms with van der Waals surface area (Å²) in [5.74, 6) is 0.00387.